The number of hydrogen-bond acceptors (Lipinski definition) is 3. The van der Waals surface area contributed by atoms with Gasteiger partial charge >= 0.3 is 0 Å². The molecule has 0 atom stereocenters. The number of benzene rings is 1. The van der Waals surface area contributed by atoms with Gasteiger partial charge in [-0.2, -0.15) is 5.11 Å². The highest BCUT2D eigenvalue weighted by Crippen LogP contribution is 2.38. The van der Waals surface area contributed by atoms with Crippen molar-refractivity contribution in [3.63, 3.8) is 0 Å². The van der Waals surface area contributed by atoms with Crippen LogP contribution < -0.4 is 0 Å². The molecule has 1 heterocycles. The van der Waals surface area contributed by atoms with Gasteiger partial charge in [-0.15, -0.1) is 0 Å². The molecule has 4 nitrogen and oxygen atoms in total. The first kappa shape index (κ1) is 9.71. The zero-order chi connectivity index (χ0) is 11.0. The van der Waals surface area contributed by atoms with E-state index in [1.807, 2.05) is 32.0 Å². The molecule has 4 heteroatoms. The molecule has 0 radical (unpaired) electrons. The molecule has 0 amide bonds. The molecule has 0 saturated heterocycles. The molecule has 0 bridgehead atoms. The van der Waals surface area contributed by atoms with Gasteiger partial charge in [0.05, 0.1) is 5.52 Å². The van der Waals surface area contributed by atoms with E-state index >= 15 is 0 Å². The average molecular weight is 203 g/mol. The lowest BCUT2D eigenvalue weighted by molar-refractivity contribution is 0.426. The molecule has 0 saturated carbocycles. The molecule has 15 heavy (non-hydrogen) atoms. The van der Waals surface area contributed by atoms with E-state index in [1.165, 1.54) is 0 Å². The average Bonchev–Trinajstić information content (AvgIpc) is 2.48. The summed E-state index contributed by atoms with van der Waals surface area (Å²) < 4.78 is 1.75. The van der Waals surface area contributed by atoms with Crippen LogP contribution >= 0.6 is 0 Å². The third kappa shape index (κ3) is 1.29. The highest BCUT2D eigenvalue weighted by Gasteiger charge is 2.14. The molecule has 0 aliphatic carbocycles. The maximum absolute atomic E-state index is 9.85. The first-order valence-electron chi connectivity index (χ1n) is 4.88. The van der Waals surface area contributed by atoms with Crippen molar-refractivity contribution in [1.82, 2.24) is 4.57 Å². The largest absolute Gasteiger partial charge is 0.493 e. The van der Waals surface area contributed by atoms with Crippen molar-refractivity contribution >= 4 is 16.6 Å². The molecule has 1 aromatic heterocycles. The van der Waals surface area contributed by atoms with Gasteiger partial charge in [0.25, 0.3) is 0 Å². The Labute approximate surface area is 87.7 Å². The Balaban J connectivity index is 2.91. The first-order valence-corrected chi connectivity index (χ1v) is 4.88. The third-order valence-corrected chi connectivity index (χ3v) is 2.59. The Bertz CT molecular complexity index is 528. The lowest BCUT2D eigenvalue weighted by Gasteiger charge is -2.01. The quantitative estimate of drug-likeness (QED) is 0.722. The maximum atomic E-state index is 9.85. The minimum Gasteiger partial charge on any atom is -0.493 e. The summed E-state index contributed by atoms with van der Waals surface area (Å²) in [7, 11) is 0. The molecule has 0 spiro atoms. The second-order valence-corrected chi connectivity index (χ2v) is 3.55. The maximum Gasteiger partial charge on any atom is 0.220 e. The van der Waals surface area contributed by atoms with Gasteiger partial charge in [-0.1, -0.05) is 11.6 Å². The predicted molar refractivity (Wildman–Crippen MR) is 58.8 cm³/mol. The zero-order valence-corrected chi connectivity index (χ0v) is 8.78. The summed E-state index contributed by atoms with van der Waals surface area (Å²) in [5, 5.41) is 14.1. The van der Waals surface area contributed by atoms with Gasteiger partial charge in [0.2, 0.25) is 5.88 Å². The molecule has 1 aromatic carbocycles. The molecule has 2 rings (SSSR count). The van der Waals surface area contributed by atoms with E-state index in [4.69, 9.17) is 5.53 Å². The van der Waals surface area contributed by atoms with Crippen molar-refractivity contribution < 1.29 is 5.11 Å². The minimum atomic E-state index is 0.0769. The van der Waals surface area contributed by atoms with Crippen molar-refractivity contribution in [1.29, 1.82) is 5.53 Å². The van der Waals surface area contributed by atoms with Crippen molar-refractivity contribution in [3.8, 4) is 5.88 Å². The van der Waals surface area contributed by atoms with Gasteiger partial charge in [0, 0.05) is 11.9 Å². The van der Waals surface area contributed by atoms with Gasteiger partial charge in [0.15, 0.2) is 5.69 Å². The van der Waals surface area contributed by atoms with Crippen molar-refractivity contribution in [2.24, 2.45) is 5.11 Å². The molecule has 0 aliphatic heterocycles. The summed E-state index contributed by atoms with van der Waals surface area (Å²) in [6.07, 6.45) is 0. The number of aromatic hydroxyl groups is 1. The van der Waals surface area contributed by atoms with E-state index in [2.05, 4.69) is 5.11 Å². The number of fused-ring (bicyclic) bond motifs is 1. The van der Waals surface area contributed by atoms with Crippen LogP contribution in [0.1, 0.15) is 12.5 Å². The molecule has 0 fully saturated rings. The third-order valence-electron chi connectivity index (χ3n) is 2.59. The van der Waals surface area contributed by atoms with Crippen LogP contribution in [0.3, 0.4) is 0 Å². The number of aryl methyl sites for hydroxylation is 2. The smallest absolute Gasteiger partial charge is 0.220 e. The normalized spacial score (nSPS) is 10.8. The molecule has 78 valence electrons. The first-order chi connectivity index (χ1) is 7.19. The highest BCUT2D eigenvalue weighted by atomic mass is 16.3. The summed E-state index contributed by atoms with van der Waals surface area (Å²) in [6.45, 7) is 4.60. The standard InChI is InChI=1S/C11H13N3O/c1-3-14-9-5-4-7(2)6-8(9)10(13-12)11(14)15/h4-6,12,15H,3H2,1-2H3. The highest BCUT2D eigenvalue weighted by molar-refractivity contribution is 5.95. The van der Waals surface area contributed by atoms with Crippen LogP contribution in [0.5, 0.6) is 5.88 Å². The van der Waals surface area contributed by atoms with E-state index in [-0.39, 0.29) is 5.88 Å². The van der Waals surface area contributed by atoms with E-state index < -0.39 is 0 Å². The summed E-state index contributed by atoms with van der Waals surface area (Å²) in [6, 6.07) is 5.87. The summed E-state index contributed by atoms with van der Waals surface area (Å²) in [5.41, 5.74) is 9.45. The van der Waals surface area contributed by atoms with Crippen LogP contribution in [0.15, 0.2) is 23.3 Å². The molecule has 2 N–H and O–H groups in total. The van der Waals surface area contributed by atoms with Crippen LogP contribution in [-0.2, 0) is 6.54 Å². The van der Waals surface area contributed by atoms with Crippen molar-refractivity contribution in [2.45, 2.75) is 20.4 Å². The summed E-state index contributed by atoms with van der Waals surface area (Å²) in [5.74, 6) is 0.0769. The van der Waals surface area contributed by atoms with E-state index in [1.54, 1.807) is 4.57 Å². The number of aromatic nitrogens is 1. The number of nitrogens with one attached hydrogen (secondary N) is 1. The molecular weight excluding hydrogens is 190 g/mol. The van der Waals surface area contributed by atoms with Crippen LogP contribution in [-0.4, -0.2) is 9.67 Å². The number of nitrogens with zero attached hydrogens (tertiary/aromatic N) is 2. The van der Waals surface area contributed by atoms with Gasteiger partial charge in [-0.05, 0) is 26.0 Å². The van der Waals surface area contributed by atoms with Crippen molar-refractivity contribution in [3.05, 3.63) is 23.8 Å². The topological polar surface area (TPSA) is 61.4 Å². The second-order valence-electron chi connectivity index (χ2n) is 3.55. The van der Waals surface area contributed by atoms with Gasteiger partial charge < -0.3 is 9.67 Å². The summed E-state index contributed by atoms with van der Waals surface area (Å²) in [4.78, 5) is 0. The van der Waals surface area contributed by atoms with Crippen LogP contribution in [0.2, 0.25) is 0 Å². The van der Waals surface area contributed by atoms with Crippen LogP contribution in [0.25, 0.3) is 10.9 Å². The summed E-state index contributed by atoms with van der Waals surface area (Å²) >= 11 is 0. The fraction of sp³-hybridized carbons (Fsp3) is 0.273. The van der Waals surface area contributed by atoms with E-state index in [0.717, 1.165) is 16.5 Å². The SMILES string of the molecule is CCn1c(O)c(N=N)c2cc(C)ccc21. The predicted octanol–water partition coefficient (Wildman–Crippen LogP) is 3.34. The molecule has 0 aliphatic rings. The molecule has 2 aromatic rings. The van der Waals surface area contributed by atoms with Gasteiger partial charge in [0.1, 0.15) is 0 Å². The van der Waals surface area contributed by atoms with Crippen molar-refractivity contribution in [2.75, 3.05) is 0 Å². The van der Waals surface area contributed by atoms with Crippen LogP contribution in [0, 0.1) is 12.5 Å². The molecular formula is C11H13N3O. The Kier molecular flexibility index (Phi) is 2.19. The molecule has 0 unspecified atom stereocenters. The number of rotatable bonds is 2. The Morgan fingerprint density at radius 2 is 2.20 bits per heavy atom. The Morgan fingerprint density at radius 1 is 1.47 bits per heavy atom. The van der Waals surface area contributed by atoms with E-state index in [9.17, 15) is 5.11 Å². The van der Waals surface area contributed by atoms with E-state index in [0.29, 0.717) is 12.2 Å². The lowest BCUT2D eigenvalue weighted by atomic mass is 10.1. The fourth-order valence-electron chi connectivity index (χ4n) is 1.87. The fourth-order valence-corrected chi connectivity index (χ4v) is 1.87. The van der Waals surface area contributed by atoms with Gasteiger partial charge in [-0.3, -0.25) is 0 Å². The minimum absolute atomic E-state index is 0.0769. The van der Waals surface area contributed by atoms with Crippen LogP contribution in [0.4, 0.5) is 5.69 Å². The van der Waals surface area contributed by atoms with Gasteiger partial charge in [-0.25, -0.2) is 5.53 Å². The number of hydrogen-bond donors (Lipinski definition) is 2. The monoisotopic (exact) mass is 203 g/mol. The lowest BCUT2D eigenvalue weighted by Crippen LogP contribution is -1.91. The Morgan fingerprint density at radius 3 is 2.80 bits per heavy atom. The Hall–Kier alpha value is -1.84. The second kappa shape index (κ2) is 3.38. The zero-order valence-electron chi connectivity index (χ0n) is 8.78.